The highest BCUT2D eigenvalue weighted by atomic mass is 16.5. The van der Waals surface area contributed by atoms with Crippen molar-refractivity contribution in [3.8, 4) is 17.0 Å². The van der Waals surface area contributed by atoms with Gasteiger partial charge in [0.15, 0.2) is 0 Å². The summed E-state index contributed by atoms with van der Waals surface area (Å²) >= 11 is 0. The number of ether oxygens (including phenoxy) is 1. The number of nitrogens with zero attached hydrogens (tertiary/aromatic N) is 1. The van der Waals surface area contributed by atoms with Crippen LogP contribution in [0.1, 0.15) is 17.8 Å². The van der Waals surface area contributed by atoms with Crippen molar-refractivity contribution in [2.75, 3.05) is 6.61 Å². The Morgan fingerprint density at radius 2 is 2.37 bits per heavy atom. The van der Waals surface area contributed by atoms with Crippen molar-refractivity contribution in [2.24, 2.45) is 0 Å². The van der Waals surface area contributed by atoms with Crippen LogP contribution in [0.3, 0.4) is 0 Å². The molecule has 5 heteroatoms. The minimum absolute atomic E-state index is 0.0883. The van der Waals surface area contributed by atoms with Crippen LogP contribution < -0.4 is 4.74 Å². The number of imidazole rings is 1. The maximum absolute atomic E-state index is 10.5. The predicted octanol–water partition coefficient (Wildman–Crippen LogP) is 2.03. The summed E-state index contributed by atoms with van der Waals surface area (Å²) < 4.78 is 5.47. The Labute approximate surface area is 110 Å². The molecule has 1 aromatic carbocycles. The average molecular weight is 258 g/mol. The molecule has 0 unspecified atom stereocenters. The van der Waals surface area contributed by atoms with Gasteiger partial charge in [-0.3, -0.25) is 4.79 Å². The third-order valence-corrected chi connectivity index (χ3v) is 3.20. The van der Waals surface area contributed by atoms with E-state index in [0.29, 0.717) is 12.2 Å². The highest BCUT2D eigenvalue weighted by molar-refractivity contribution is 5.67. The predicted molar refractivity (Wildman–Crippen MR) is 69.2 cm³/mol. The number of carbonyl (C=O) groups is 1. The highest BCUT2D eigenvalue weighted by Crippen LogP contribution is 2.29. The summed E-state index contributed by atoms with van der Waals surface area (Å²) in [7, 11) is 0. The van der Waals surface area contributed by atoms with Crippen LogP contribution >= 0.6 is 0 Å². The Hall–Kier alpha value is -2.30. The molecular formula is C14H14N2O3. The molecule has 2 heterocycles. The molecular weight excluding hydrogens is 244 g/mol. The van der Waals surface area contributed by atoms with Gasteiger partial charge < -0.3 is 14.8 Å². The first-order chi connectivity index (χ1) is 9.22. The zero-order chi connectivity index (χ0) is 13.2. The Kier molecular flexibility index (Phi) is 2.95. The van der Waals surface area contributed by atoms with E-state index in [9.17, 15) is 4.79 Å². The molecule has 3 rings (SSSR count). The summed E-state index contributed by atoms with van der Waals surface area (Å²) in [5, 5.41) is 8.65. The van der Waals surface area contributed by atoms with Gasteiger partial charge in [-0.2, -0.15) is 0 Å². The molecule has 0 saturated heterocycles. The molecule has 2 N–H and O–H groups in total. The standard InChI is InChI=1S/C14H14N2O3/c17-14(18)4-3-13-15-8-11(16-13)9-1-2-12-10(7-9)5-6-19-12/h1-2,7-8H,3-6H2,(H,15,16)(H,17,18). The first-order valence-electron chi connectivity index (χ1n) is 6.24. The van der Waals surface area contributed by atoms with Crippen molar-refractivity contribution in [3.05, 3.63) is 35.8 Å². The minimum atomic E-state index is -0.812. The molecule has 0 spiro atoms. The van der Waals surface area contributed by atoms with Crippen molar-refractivity contribution in [1.82, 2.24) is 9.97 Å². The fraction of sp³-hybridized carbons (Fsp3) is 0.286. The number of hydrogen-bond acceptors (Lipinski definition) is 3. The van der Waals surface area contributed by atoms with Crippen LogP contribution in [0.25, 0.3) is 11.3 Å². The average Bonchev–Trinajstić information content (AvgIpc) is 3.04. The van der Waals surface area contributed by atoms with E-state index in [1.165, 1.54) is 5.56 Å². The summed E-state index contributed by atoms with van der Waals surface area (Å²) in [6.07, 6.45) is 3.19. The molecule has 98 valence electrons. The van der Waals surface area contributed by atoms with Crippen molar-refractivity contribution in [2.45, 2.75) is 19.3 Å². The zero-order valence-electron chi connectivity index (χ0n) is 10.3. The zero-order valence-corrected chi connectivity index (χ0v) is 10.3. The van der Waals surface area contributed by atoms with E-state index < -0.39 is 5.97 Å². The van der Waals surface area contributed by atoms with Crippen LogP contribution in [0.4, 0.5) is 0 Å². The second-order valence-corrected chi connectivity index (χ2v) is 4.56. The number of H-pyrrole nitrogens is 1. The largest absolute Gasteiger partial charge is 0.493 e. The number of nitrogens with one attached hydrogen (secondary N) is 1. The van der Waals surface area contributed by atoms with Crippen LogP contribution in [0.2, 0.25) is 0 Å². The smallest absolute Gasteiger partial charge is 0.303 e. The number of aliphatic carboxylic acids is 1. The Balaban J connectivity index is 1.80. The Morgan fingerprint density at radius 1 is 1.47 bits per heavy atom. The van der Waals surface area contributed by atoms with E-state index in [-0.39, 0.29) is 6.42 Å². The van der Waals surface area contributed by atoms with E-state index >= 15 is 0 Å². The first kappa shape index (κ1) is 11.8. The molecule has 1 aliphatic rings. The Morgan fingerprint density at radius 3 is 3.21 bits per heavy atom. The van der Waals surface area contributed by atoms with Crippen LogP contribution in [-0.2, 0) is 17.6 Å². The lowest BCUT2D eigenvalue weighted by Crippen LogP contribution is -1.98. The maximum Gasteiger partial charge on any atom is 0.303 e. The molecule has 19 heavy (non-hydrogen) atoms. The lowest BCUT2D eigenvalue weighted by atomic mass is 10.1. The van der Waals surface area contributed by atoms with Crippen molar-refractivity contribution >= 4 is 5.97 Å². The first-order valence-corrected chi connectivity index (χ1v) is 6.24. The van der Waals surface area contributed by atoms with E-state index in [4.69, 9.17) is 9.84 Å². The van der Waals surface area contributed by atoms with E-state index in [1.807, 2.05) is 12.1 Å². The van der Waals surface area contributed by atoms with Gasteiger partial charge in [-0.15, -0.1) is 0 Å². The number of carboxylic acids is 1. The lowest BCUT2D eigenvalue weighted by molar-refractivity contribution is -0.137. The molecule has 0 atom stereocenters. The maximum atomic E-state index is 10.5. The number of carboxylic acid groups (broad SMARTS) is 1. The van der Waals surface area contributed by atoms with Gasteiger partial charge in [0, 0.05) is 18.4 Å². The minimum Gasteiger partial charge on any atom is -0.493 e. The van der Waals surface area contributed by atoms with E-state index in [2.05, 4.69) is 16.0 Å². The Bertz CT molecular complexity index is 619. The van der Waals surface area contributed by atoms with Gasteiger partial charge in [-0.1, -0.05) is 0 Å². The van der Waals surface area contributed by atoms with Gasteiger partial charge in [0.25, 0.3) is 0 Å². The van der Waals surface area contributed by atoms with Crippen LogP contribution in [0, 0.1) is 0 Å². The van der Waals surface area contributed by atoms with Crippen LogP contribution in [0.5, 0.6) is 5.75 Å². The van der Waals surface area contributed by atoms with Gasteiger partial charge in [-0.05, 0) is 23.8 Å². The van der Waals surface area contributed by atoms with E-state index in [0.717, 1.165) is 30.0 Å². The number of fused-ring (bicyclic) bond motifs is 1. The van der Waals surface area contributed by atoms with E-state index in [1.54, 1.807) is 6.20 Å². The fourth-order valence-corrected chi connectivity index (χ4v) is 2.22. The molecule has 0 amide bonds. The molecule has 0 saturated carbocycles. The fourth-order valence-electron chi connectivity index (χ4n) is 2.22. The van der Waals surface area contributed by atoms with Gasteiger partial charge in [-0.25, -0.2) is 4.98 Å². The molecule has 5 nitrogen and oxygen atoms in total. The molecule has 1 aliphatic heterocycles. The van der Waals surface area contributed by atoms with Gasteiger partial charge in [0.05, 0.1) is 24.9 Å². The normalized spacial score (nSPS) is 13.1. The highest BCUT2D eigenvalue weighted by Gasteiger charge is 2.13. The molecule has 0 radical (unpaired) electrons. The third-order valence-electron chi connectivity index (χ3n) is 3.20. The summed E-state index contributed by atoms with van der Waals surface area (Å²) in [5.41, 5.74) is 3.17. The summed E-state index contributed by atoms with van der Waals surface area (Å²) in [6.45, 7) is 0.742. The van der Waals surface area contributed by atoms with Crippen molar-refractivity contribution in [1.29, 1.82) is 0 Å². The monoisotopic (exact) mass is 258 g/mol. The van der Waals surface area contributed by atoms with Crippen molar-refractivity contribution < 1.29 is 14.6 Å². The molecule has 2 aromatic rings. The SMILES string of the molecule is O=C(O)CCc1ncc(-c2ccc3c(c2)CCO3)[nH]1. The molecule has 1 aromatic heterocycles. The number of benzene rings is 1. The molecule has 0 bridgehead atoms. The summed E-state index contributed by atoms with van der Waals surface area (Å²) in [6, 6.07) is 6.05. The van der Waals surface area contributed by atoms with Crippen molar-refractivity contribution in [3.63, 3.8) is 0 Å². The molecule has 0 fully saturated rings. The van der Waals surface area contributed by atoms with Gasteiger partial charge in [0.1, 0.15) is 11.6 Å². The number of rotatable bonds is 4. The number of aromatic amines is 1. The van der Waals surface area contributed by atoms with Crippen LogP contribution in [0.15, 0.2) is 24.4 Å². The number of aryl methyl sites for hydroxylation is 1. The summed E-state index contributed by atoms with van der Waals surface area (Å²) in [5.74, 6) is 0.844. The van der Waals surface area contributed by atoms with Gasteiger partial charge >= 0.3 is 5.97 Å². The quantitative estimate of drug-likeness (QED) is 0.879. The third kappa shape index (κ3) is 2.45. The second kappa shape index (κ2) is 4.76. The molecule has 0 aliphatic carbocycles. The lowest BCUT2D eigenvalue weighted by Gasteiger charge is -2.01. The van der Waals surface area contributed by atoms with Gasteiger partial charge in [0.2, 0.25) is 0 Å². The number of hydrogen-bond donors (Lipinski definition) is 2. The second-order valence-electron chi connectivity index (χ2n) is 4.56. The summed E-state index contributed by atoms with van der Waals surface area (Å²) in [4.78, 5) is 17.9. The van der Waals surface area contributed by atoms with Crippen LogP contribution in [-0.4, -0.2) is 27.7 Å². The number of aromatic nitrogens is 2. The topological polar surface area (TPSA) is 75.2 Å².